The number of nitrogens with zero attached hydrogens (tertiary/aromatic N) is 2. The van der Waals surface area contributed by atoms with Crippen LogP contribution in [0.4, 0.5) is 0 Å². The number of likely N-dealkylation sites (N-methyl/N-ethyl adjacent to an activating group) is 1. The number of carbonyl (C=O) groups is 1. The van der Waals surface area contributed by atoms with E-state index in [-0.39, 0.29) is 5.91 Å². The van der Waals surface area contributed by atoms with Gasteiger partial charge in [0.15, 0.2) is 0 Å². The lowest BCUT2D eigenvalue weighted by molar-refractivity contribution is -0.133. The smallest absolute Gasteiger partial charge is 0.267 e. The van der Waals surface area contributed by atoms with Crippen molar-refractivity contribution in [2.45, 2.75) is 6.10 Å². The lowest BCUT2D eigenvalue weighted by Gasteiger charge is -2.18. The quantitative estimate of drug-likeness (QED) is 0.768. The standard InChI is InChI=1S/C15H16N2O2/c1-16(2)15(18)14-11-9-17(3)8-7-10-5-4-6-12(19-14)13(10)11/h4-9,14H,1-3H3. The highest BCUT2D eigenvalue weighted by molar-refractivity contribution is 5.99. The monoisotopic (exact) mass is 256 g/mol. The normalized spacial score (nSPS) is 19.4. The Morgan fingerprint density at radius 2 is 2.16 bits per heavy atom. The highest BCUT2D eigenvalue weighted by Crippen LogP contribution is 2.42. The molecule has 0 fully saturated rings. The van der Waals surface area contributed by atoms with Gasteiger partial charge in [0.1, 0.15) is 5.75 Å². The molecule has 0 saturated carbocycles. The molecule has 3 rings (SSSR count). The Morgan fingerprint density at radius 3 is 2.89 bits per heavy atom. The van der Waals surface area contributed by atoms with Crippen LogP contribution in [0, 0.1) is 0 Å². The Hall–Kier alpha value is -2.23. The van der Waals surface area contributed by atoms with E-state index in [0.29, 0.717) is 0 Å². The van der Waals surface area contributed by atoms with Gasteiger partial charge in [-0.05, 0) is 17.7 Å². The number of rotatable bonds is 1. The maximum absolute atomic E-state index is 12.3. The first kappa shape index (κ1) is 11.8. The molecule has 2 aliphatic heterocycles. The molecule has 4 nitrogen and oxygen atoms in total. The number of hydrogen-bond acceptors (Lipinski definition) is 3. The first-order valence-corrected chi connectivity index (χ1v) is 6.21. The lowest BCUT2D eigenvalue weighted by atomic mass is 9.98. The zero-order valence-electron chi connectivity index (χ0n) is 11.3. The molecule has 19 heavy (non-hydrogen) atoms. The molecule has 1 atom stereocenters. The van der Waals surface area contributed by atoms with E-state index in [9.17, 15) is 4.79 Å². The summed E-state index contributed by atoms with van der Waals surface area (Å²) in [4.78, 5) is 15.8. The lowest BCUT2D eigenvalue weighted by Crippen LogP contribution is -2.36. The van der Waals surface area contributed by atoms with Crippen molar-refractivity contribution in [3.63, 3.8) is 0 Å². The van der Waals surface area contributed by atoms with E-state index in [0.717, 1.165) is 22.4 Å². The SMILES string of the molecule is CN1C=Cc2cccc3c2C(=C1)C(C(=O)N(C)C)O3. The van der Waals surface area contributed by atoms with Gasteiger partial charge in [0.2, 0.25) is 6.10 Å². The number of hydrogen-bond donors (Lipinski definition) is 0. The summed E-state index contributed by atoms with van der Waals surface area (Å²) in [6.45, 7) is 0. The van der Waals surface area contributed by atoms with Gasteiger partial charge in [-0.3, -0.25) is 4.79 Å². The molecule has 1 aromatic carbocycles. The second-order valence-electron chi connectivity index (χ2n) is 5.02. The molecule has 2 heterocycles. The van der Waals surface area contributed by atoms with Gasteiger partial charge in [-0.15, -0.1) is 0 Å². The molecule has 2 aliphatic rings. The number of ether oxygens (including phenoxy) is 1. The predicted octanol–water partition coefficient (Wildman–Crippen LogP) is 1.79. The maximum atomic E-state index is 12.3. The zero-order valence-corrected chi connectivity index (χ0v) is 11.3. The van der Waals surface area contributed by atoms with Gasteiger partial charge in [0.25, 0.3) is 5.91 Å². The minimum Gasteiger partial charge on any atom is -0.475 e. The third-order valence-corrected chi connectivity index (χ3v) is 3.37. The largest absolute Gasteiger partial charge is 0.475 e. The summed E-state index contributed by atoms with van der Waals surface area (Å²) in [7, 11) is 5.44. The molecule has 1 unspecified atom stereocenters. The van der Waals surface area contributed by atoms with Gasteiger partial charge in [-0.25, -0.2) is 0 Å². The first-order valence-electron chi connectivity index (χ1n) is 6.21. The van der Waals surface area contributed by atoms with Crippen LogP contribution in [-0.4, -0.2) is 43.0 Å². The van der Waals surface area contributed by atoms with Crippen LogP contribution >= 0.6 is 0 Å². The third-order valence-electron chi connectivity index (χ3n) is 3.37. The predicted molar refractivity (Wildman–Crippen MR) is 74.3 cm³/mol. The number of amides is 1. The third kappa shape index (κ3) is 1.80. The van der Waals surface area contributed by atoms with Crippen LogP contribution in [0.2, 0.25) is 0 Å². The molecule has 0 N–H and O–H groups in total. The van der Waals surface area contributed by atoms with Crippen LogP contribution < -0.4 is 4.74 Å². The van der Waals surface area contributed by atoms with E-state index in [1.165, 1.54) is 0 Å². The fourth-order valence-corrected chi connectivity index (χ4v) is 2.43. The second kappa shape index (κ2) is 4.16. The zero-order chi connectivity index (χ0) is 13.6. The van der Waals surface area contributed by atoms with Crippen molar-refractivity contribution in [3.05, 3.63) is 41.7 Å². The Morgan fingerprint density at radius 1 is 1.37 bits per heavy atom. The summed E-state index contributed by atoms with van der Waals surface area (Å²) < 4.78 is 5.84. The van der Waals surface area contributed by atoms with Crippen LogP contribution in [0.15, 0.2) is 30.6 Å². The van der Waals surface area contributed by atoms with Crippen LogP contribution in [0.5, 0.6) is 5.75 Å². The molecule has 4 heteroatoms. The van der Waals surface area contributed by atoms with E-state index >= 15 is 0 Å². The highest BCUT2D eigenvalue weighted by atomic mass is 16.5. The molecule has 0 radical (unpaired) electrons. The maximum Gasteiger partial charge on any atom is 0.267 e. The molecular weight excluding hydrogens is 240 g/mol. The van der Waals surface area contributed by atoms with E-state index < -0.39 is 6.10 Å². The van der Waals surface area contributed by atoms with E-state index in [1.807, 2.05) is 48.6 Å². The average Bonchev–Trinajstić information content (AvgIpc) is 2.65. The second-order valence-corrected chi connectivity index (χ2v) is 5.02. The molecule has 1 amide bonds. The van der Waals surface area contributed by atoms with Crippen LogP contribution in [0.3, 0.4) is 0 Å². The topological polar surface area (TPSA) is 32.8 Å². The molecule has 1 aromatic rings. The summed E-state index contributed by atoms with van der Waals surface area (Å²) in [6.07, 6.45) is 5.44. The first-order chi connectivity index (χ1) is 9.08. The van der Waals surface area contributed by atoms with Gasteiger partial charge in [-0.2, -0.15) is 0 Å². The van der Waals surface area contributed by atoms with Gasteiger partial charge in [-0.1, -0.05) is 12.1 Å². The molecule has 0 bridgehead atoms. The summed E-state index contributed by atoms with van der Waals surface area (Å²) >= 11 is 0. The Kier molecular flexibility index (Phi) is 2.59. The van der Waals surface area contributed by atoms with Crippen molar-refractivity contribution >= 4 is 17.6 Å². The van der Waals surface area contributed by atoms with Crippen molar-refractivity contribution in [1.82, 2.24) is 9.80 Å². The van der Waals surface area contributed by atoms with Crippen molar-refractivity contribution in [3.8, 4) is 5.75 Å². The number of benzene rings is 1. The van der Waals surface area contributed by atoms with E-state index in [2.05, 4.69) is 0 Å². The average molecular weight is 256 g/mol. The van der Waals surface area contributed by atoms with Gasteiger partial charge >= 0.3 is 0 Å². The Balaban J connectivity index is 2.14. The fraction of sp³-hybridized carbons (Fsp3) is 0.267. The van der Waals surface area contributed by atoms with Gasteiger partial charge in [0.05, 0.1) is 0 Å². The molecule has 0 saturated heterocycles. The van der Waals surface area contributed by atoms with Gasteiger partial charge in [0, 0.05) is 44.7 Å². The summed E-state index contributed by atoms with van der Waals surface area (Å²) in [5.74, 6) is 0.743. The van der Waals surface area contributed by atoms with E-state index in [4.69, 9.17) is 4.74 Å². The van der Waals surface area contributed by atoms with Crippen molar-refractivity contribution in [2.75, 3.05) is 21.1 Å². The fourth-order valence-electron chi connectivity index (χ4n) is 2.43. The Labute approximate surface area is 112 Å². The molecule has 98 valence electrons. The van der Waals surface area contributed by atoms with Crippen LogP contribution in [0.25, 0.3) is 11.6 Å². The minimum absolute atomic E-state index is 0.0382. The summed E-state index contributed by atoms with van der Waals surface area (Å²) in [5, 5.41) is 0. The molecular formula is C15H16N2O2. The van der Waals surface area contributed by atoms with Crippen LogP contribution in [0.1, 0.15) is 11.1 Å². The van der Waals surface area contributed by atoms with Crippen LogP contribution in [-0.2, 0) is 4.79 Å². The minimum atomic E-state index is -0.548. The Bertz CT molecular complexity index is 602. The molecule has 0 spiro atoms. The highest BCUT2D eigenvalue weighted by Gasteiger charge is 2.37. The summed E-state index contributed by atoms with van der Waals surface area (Å²) in [6, 6.07) is 5.90. The summed E-state index contributed by atoms with van der Waals surface area (Å²) in [5.41, 5.74) is 3.04. The van der Waals surface area contributed by atoms with Crippen molar-refractivity contribution in [1.29, 1.82) is 0 Å². The van der Waals surface area contributed by atoms with Crippen molar-refractivity contribution in [2.24, 2.45) is 0 Å². The van der Waals surface area contributed by atoms with Crippen molar-refractivity contribution < 1.29 is 9.53 Å². The molecule has 0 aromatic heterocycles. The van der Waals surface area contributed by atoms with E-state index in [1.54, 1.807) is 19.0 Å². The molecule has 0 aliphatic carbocycles. The van der Waals surface area contributed by atoms with Gasteiger partial charge < -0.3 is 14.5 Å². The number of carbonyl (C=O) groups excluding carboxylic acids is 1.